The van der Waals surface area contributed by atoms with Crippen LogP contribution in [0.4, 0.5) is 5.69 Å². The van der Waals surface area contributed by atoms with E-state index in [4.69, 9.17) is 0 Å². The fraction of sp³-hybridized carbons (Fsp3) is 0.214. The van der Waals surface area contributed by atoms with Crippen LogP contribution in [-0.2, 0) is 24.8 Å². The number of hydrogen-bond donors (Lipinski definition) is 1. The highest BCUT2D eigenvalue weighted by atomic mass is 32.2. The maximum Gasteiger partial charge on any atom is 0.350 e. The number of ether oxygens (including phenoxy) is 1. The molecule has 8 nitrogen and oxygen atoms in total. The van der Waals surface area contributed by atoms with Gasteiger partial charge in [0, 0.05) is 14.1 Å². The number of methoxy groups -OCH3 is 1. The number of nitrogens with zero attached hydrogens (tertiary/aromatic N) is 1. The minimum absolute atomic E-state index is 0.0257. The van der Waals surface area contributed by atoms with Gasteiger partial charge in [-0.25, -0.2) is 25.9 Å². The van der Waals surface area contributed by atoms with Gasteiger partial charge in [0.1, 0.15) is 4.88 Å². The molecule has 0 unspecified atom stereocenters. The molecule has 2 aromatic rings. The maximum absolute atomic E-state index is 12.4. The van der Waals surface area contributed by atoms with Crippen molar-refractivity contribution in [2.24, 2.45) is 0 Å². The van der Waals surface area contributed by atoms with E-state index in [1.54, 1.807) is 5.38 Å². The average Bonchev–Trinajstić information content (AvgIpc) is 3.01. The Bertz CT molecular complexity index is 976. The fourth-order valence-electron chi connectivity index (χ4n) is 1.85. The van der Waals surface area contributed by atoms with Crippen molar-refractivity contribution in [1.82, 2.24) is 4.31 Å². The SMILES string of the molecule is COC(=O)c1sccc1NS(=O)(=O)c1ccc(S(=O)(=O)N(C)C)cc1. The third kappa shape index (κ3) is 4.00. The number of sulfonamides is 2. The summed E-state index contributed by atoms with van der Waals surface area (Å²) in [6.07, 6.45) is 0. The summed E-state index contributed by atoms with van der Waals surface area (Å²) in [4.78, 5) is 11.6. The molecule has 0 saturated heterocycles. The first-order valence-corrected chi connectivity index (χ1v) is 10.6. The maximum atomic E-state index is 12.4. The van der Waals surface area contributed by atoms with E-state index in [1.807, 2.05) is 0 Å². The summed E-state index contributed by atoms with van der Waals surface area (Å²) in [6, 6.07) is 6.22. The molecular weight excluding hydrogens is 388 g/mol. The Morgan fingerprint density at radius 1 is 1.04 bits per heavy atom. The van der Waals surface area contributed by atoms with Gasteiger partial charge >= 0.3 is 5.97 Å². The van der Waals surface area contributed by atoms with E-state index in [2.05, 4.69) is 9.46 Å². The van der Waals surface area contributed by atoms with Crippen LogP contribution in [0.1, 0.15) is 9.67 Å². The molecule has 0 fully saturated rings. The Hall–Kier alpha value is -1.95. The lowest BCUT2D eigenvalue weighted by molar-refractivity contribution is 0.0607. The first kappa shape index (κ1) is 19.4. The summed E-state index contributed by atoms with van der Waals surface area (Å²) in [7, 11) is -3.68. The van der Waals surface area contributed by atoms with Crippen LogP contribution in [0.3, 0.4) is 0 Å². The van der Waals surface area contributed by atoms with Crippen LogP contribution < -0.4 is 4.72 Å². The number of carbonyl (C=O) groups excluding carboxylic acids is 1. The lowest BCUT2D eigenvalue weighted by Crippen LogP contribution is -2.22. The van der Waals surface area contributed by atoms with Crippen molar-refractivity contribution < 1.29 is 26.4 Å². The zero-order chi connectivity index (χ0) is 18.8. The van der Waals surface area contributed by atoms with Gasteiger partial charge in [0.25, 0.3) is 10.0 Å². The average molecular weight is 404 g/mol. The van der Waals surface area contributed by atoms with Gasteiger partial charge in [-0.3, -0.25) is 4.72 Å². The largest absolute Gasteiger partial charge is 0.465 e. The van der Waals surface area contributed by atoms with Gasteiger partial charge in [0.2, 0.25) is 10.0 Å². The Morgan fingerprint density at radius 3 is 2.12 bits per heavy atom. The molecule has 0 atom stereocenters. The van der Waals surface area contributed by atoms with E-state index in [9.17, 15) is 21.6 Å². The zero-order valence-electron chi connectivity index (χ0n) is 13.6. The molecule has 0 aliphatic rings. The van der Waals surface area contributed by atoms with Crippen molar-refractivity contribution in [2.75, 3.05) is 25.9 Å². The number of benzene rings is 1. The first-order valence-electron chi connectivity index (χ1n) is 6.81. The van der Waals surface area contributed by atoms with Crippen molar-refractivity contribution >= 4 is 43.0 Å². The van der Waals surface area contributed by atoms with E-state index in [1.165, 1.54) is 51.5 Å². The highest BCUT2D eigenvalue weighted by molar-refractivity contribution is 7.92. The van der Waals surface area contributed by atoms with Crippen molar-refractivity contribution in [3.05, 3.63) is 40.6 Å². The Labute approximate surface area is 150 Å². The van der Waals surface area contributed by atoms with Crippen molar-refractivity contribution in [2.45, 2.75) is 9.79 Å². The Balaban J connectivity index is 2.33. The summed E-state index contributed by atoms with van der Waals surface area (Å²) in [5.41, 5.74) is 0.0989. The predicted molar refractivity (Wildman–Crippen MR) is 93.8 cm³/mol. The van der Waals surface area contributed by atoms with Gasteiger partial charge in [0.05, 0.1) is 22.6 Å². The number of rotatable bonds is 6. The van der Waals surface area contributed by atoms with Gasteiger partial charge in [0.15, 0.2) is 0 Å². The molecule has 1 heterocycles. The van der Waals surface area contributed by atoms with E-state index in [0.717, 1.165) is 15.6 Å². The minimum atomic E-state index is -3.99. The van der Waals surface area contributed by atoms with E-state index >= 15 is 0 Å². The molecule has 0 radical (unpaired) electrons. The number of esters is 1. The smallest absolute Gasteiger partial charge is 0.350 e. The first-order chi connectivity index (χ1) is 11.6. The molecule has 136 valence electrons. The third-order valence-electron chi connectivity index (χ3n) is 3.19. The van der Waals surface area contributed by atoms with Crippen LogP contribution in [0.5, 0.6) is 0 Å². The summed E-state index contributed by atoms with van der Waals surface area (Å²) < 4.78 is 56.8. The predicted octanol–water partition coefficient (Wildman–Crippen LogP) is 1.59. The topological polar surface area (TPSA) is 110 Å². The molecule has 11 heteroatoms. The fourth-order valence-corrected chi connectivity index (χ4v) is 4.65. The molecule has 1 N–H and O–H groups in total. The lowest BCUT2D eigenvalue weighted by atomic mass is 10.4. The van der Waals surface area contributed by atoms with Gasteiger partial charge in [-0.2, -0.15) is 0 Å². The molecule has 0 aliphatic carbocycles. The third-order valence-corrected chi connectivity index (χ3v) is 7.30. The molecule has 0 bridgehead atoms. The van der Waals surface area contributed by atoms with Crippen LogP contribution >= 0.6 is 11.3 Å². The summed E-state index contributed by atoms with van der Waals surface area (Å²) in [5, 5.41) is 1.55. The van der Waals surface area contributed by atoms with Gasteiger partial charge in [-0.1, -0.05) is 0 Å². The molecule has 2 rings (SSSR count). The summed E-state index contributed by atoms with van der Waals surface area (Å²) >= 11 is 1.04. The molecule has 0 amide bonds. The van der Waals surface area contributed by atoms with Crippen LogP contribution in [0.2, 0.25) is 0 Å². The Morgan fingerprint density at radius 2 is 1.60 bits per heavy atom. The van der Waals surface area contributed by atoms with E-state index in [-0.39, 0.29) is 20.4 Å². The number of carbonyl (C=O) groups is 1. The molecule has 1 aromatic carbocycles. The number of nitrogens with one attached hydrogen (secondary N) is 1. The zero-order valence-corrected chi connectivity index (χ0v) is 16.0. The number of hydrogen-bond acceptors (Lipinski definition) is 7. The standard InChI is InChI=1S/C14H16N2O6S3/c1-16(2)25(20,21)11-6-4-10(5-7-11)24(18,19)15-12-8-9-23-13(12)14(17)22-3/h4-9,15H,1-3H3. The number of thiophene rings is 1. The van der Waals surface area contributed by atoms with E-state index in [0.29, 0.717) is 0 Å². The van der Waals surface area contributed by atoms with Gasteiger partial charge < -0.3 is 4.74 Å². The van der Waals surface area contributed by atoms with Gasteiger partial charge in [-0.05, 0) is 35.7 Å². The van der Waals surface area contributed by atoms with Crippen LogP contribution in [0, 0.1) is 0 Å². The minimum Gasteiger partial charge on any atom is -0.465 e. The second-order valence-corrected chi connectivity index (χ2v) is 9.77. The quantitative estimate of drug-likeness (QED) is 0.732. The molecule has 1 aromatic heterocycles. The molecule has 0 aliphatic heterocycles. The van der Waals surface area contributed by atoms with Gasteiger partial charge in [-0.15, -0.1) is 11.3 Å². The summed E-state index contributed by atoms with van der Waals surface area (Å²) in [5.74, 6) is -0.653. The van der Waals surface area contributed by atoms with Crippen molar-refractivity contribution in [3.8, 4) is 0 Å². The number of anilines is 1. The highest BCUT2D eigenvalue weighted by Gasteiger charge is 2.22. The second kappa shape index (κ2) is 7.12. The van der Waals surface area contributed by atoms with Crippen LogP contribution in [0.25, 0.3) is 0 Å². The molecular formula is C14H16N2O6S3. The monoisotopic (exact) mass is 404 g/mol. The van der Waals surface area contributed by atoms with Crippen LogP contribution in [-0.4, -0.2) is 48.3 Å². The van der Waals surface area contributed by atoms with Crippen LogP contribution in [0.15, 0.2) is 45.5 Å². The highest BCUT2D eigenvalue weighted by Crippen LogP contribution is 2.26. The Kier molecular flexibility index (Phi) is 5.52. The normalized spacial score (nSPS) is 12.2. The lowest BCUT2D eigenvalue weighted by Gasteiger charge is -2.12. The van der Waals surface area contributed by atoms with Crippen molar-refractivity contribution in [1.29, 1.82) is 0 Å². The second-order valence-electron chi connectivity index (χ2n) is 5.02. The molecule has 25 heavy (non-hydrogen) atoms. The van der Waals surface area contributed by atoms with Crippen molar-refractivity contribution in [3.63, 3.8) is 0 Å². The molecule has 0 saturated carbocycles. The summed E-state index contributed by atoms with van der Waals surface area (Å²) in [6.45, 7) is 0. The van der Waals surface area contributed by atoms with E-state index < -0.39 is 26.0 Å². The molecule has 0 spiro atoms.